The molecule has 3 N–H and O–H groups in total. The third kappa shape index (κ3) is 3.74. The first-order chi connectivity index (χ1) is 7.90. The average Bonchev–Trinajstić information content (AvgIpc) is 2.54. The summed E-state index contributed by atoms with van der Waals surface area (Å²) in [5.74, 6) is 5.63. The molecule has 0 bridgehead atoms. The van der Waals surface area contributed by atoms with Crippen molar-refractivity contribution >= 4 is 11.3 Å². The van der Waals surface area contributed by atoms with Crippen LogP contribution >= 0.6 is 11.3 Å². The summed E-state index contributed by atoms with van der Waals surface area (Å²) in [6.45, 7) is 10.9. The highest BCUT2D eigenvalue weighted by atomic mass is 32.1. The molecule has 0 fully saturated rings. The molecule has 4 nitrogen and oxygen atoms in total. The van der Waals surface area contributed by atoms with E-state index in [1.807, 2.05) is 27.7 Å². The highest BCUT2D eigenvalue weighted by Gasteiger charge is 2.30. The second kappa shape index (κ2) is 5.91. The molecule has 1 heterocycles. The minimum atomic E-state index is -0.295. The molecule has 0 aliphatic carbocycles. The summed E-state index contributed by atoms with van der Waals surface area (Å²) in [4.78, 5) is 5.81. The lowest BCUT2D eigenvalue weighted by atomic mass is 9.96. The number of hydrazine groups is 1. The Morgan fingerprint density at radius 2 is 2.12 bits per heavy atom. The molecular formula is C12H23N3OS. The quantitative estimate of drug-likeness (QED) is 0.604. The van der Waals surface area contributed by atoms with Crippen LogP contribution in [0.15, 0.2) is 0 Å². The van der Waals surface area contributed by atoms with Crippen molar-refractivity contribution in [3.8, 4) is 0 Å². The van der Waals surface area contributed by atoms with E-state index in [2.05, 4.69) is 17.3 Å². The van der Waals surface area contributed by atoms with Crippen molar-refractivity contribution in [1.82, 2.24) is 10.4 Å². The molecule has 0 aliphatic heterocycles. The number of ether oxygens (including phenoxy) is 1. The van der Waals surface area contributed by atoms with E-state index in [4.69, 9.17) is 10.6 Å². The number of aromatic nitrogens is 1. The van der Waals surface area contributed by atoms with Crippen molar-refractivity contribution in [2.45, 2.75) is 52.7 Å². The standard InChI is InChI=1S/C12H23N3OS/c1-6-16-12(4,5)10(15-13)7-11-14-8(2)9(3)17-11/h10,15H,6-7,13H2,1-5H3. The molecule has 1 rings (SSSR count). The zero-order valence-corrected chi connectivity index (χ0v) is 12.1. The van der Waals surface area contributed by atoms with E-state index >= 15 is 0 Å². The monoisotopic (exact) mass is 257 g/mol. The van der Waals surface area contributed by atoms with Crippen LogP contribution in [0, 0.1) is 13.8 Å². The Morgan fingerprint density at radius 3 is 2.53 bits per heavy atom. The highest BCUT2D eigenvalue weighted by Crippen LogP contribution is 2.22. The first kappa shape index (κ1) is 14.6. The van der Waals surface area contributed by atoms with E-state index < -0.39 is 0 Å². The molecule has 0 saturated heterocycles. The molecule has 0 spiro atoms. The van der Waals surface area contributed by atoms with Crippen LogP contribution in [0.3, 0.4) is 0 Å². The topological polar surface area (TPSA) is 60.2 Å². The third-order valence-corrected chi connectivity index (χ3v) is 4.10. The molecule has 0 aliphatic rings. The summed E-state index contributed by atoms with van der Waals surface area (Å²) in [6.07, 6.45) is 0.794. The molecule has 17 heavy (non-hydrogen) atoms. The van der Waals surface area contributed by atoms with Gasteiger partial charge >= 0.3 is 0 Å². The van der Waals surface area contributed by atoms with Gasteiger partial charge in [-0.3, -0.25) is 11.3 Å². The van der Waals surface area contributed by atoms with Crippen LogP contribution in [-0.4, -0.2) is 23.2 Å². The zero-order valence-electron chi connectivity index (χ0n) is 11.3. The predicted octanol–water partition coefficient (Wildman–Crippen LogP) is 1.95. The smallest absolute Gasteiger partial charge is 0.0948 e. The lowest BCUT2D eigenvalue weighted by Gasteiger charge is -2.33. The maximum absolute atomic E-state index is 5.73. The van der Waals surface area contributed by atoms with Crippen LogP contribution < -0.4 is 11.3 Å². The lowest BCUT2D eigenvalue weighted by molar-refractivity contribution is -0.0381. The van der Waals surface area contributed by atoms with Crippen LogP contribution in [0.4, 0.5) is 0 Å². The van der Waals surface area contributed by atoms with Gasteiger partial charge in [-0.1, -0.05) is 0 Å². The number of thiazole rings is 1. The fraction of sp³-hybridized carbons (Fsp3) is 0.750. The number of nitrogens with two attached hydrogens (primary N) is 1. The number of nitrogens with one attached hydrogen (secondary N) is 1. The molecule has 0 radical (unpaired) electrons. The van der Waals surface area contributed by atoms with Gasteiger partial charge in [0.05, 0.1) is 22.3 Å². The normalized spacial score (nSPS) is 14.0. The van der Waals surface area contributed by atoms with Crippen LogP contribution in [0.25, 0.3) is 0 Å². The van der Waals surface area contributed by atoms with Gasteiger partial charge in [0.1, 0.15) is 0 Å². The van der Waals surface area contributed by atoms with Gasteiger partial charge in [-0.15, -0.1) is 11.3 Å². The summed E-state index contributed by atoms with van der Waals surface area (Å²) < 4.78 is 5.73. The number of aryl methyl sites for hydroxylation is 2. The van der Waals surface area contributed by atoms with E-state index in [1.165, 1.54) is 4.88 Å². The van der Waals surface area contributed by atoms with Gasteiger partial charge < -0.3 is 4.74 Å². The number of hydrogen-bond donors (Lipinski definition) is 2. The Kier molecular flexibility index (Phi) is 5.06. The van der Waals surface area contributed by atoms with E-state index in [1.54, 1.807) is 11.3 Å². The Hall–Kier alpha value is -0.490. The molecule has 1 unspecified atom stereocenters. The van der Waals surface area contributed by atoms with Crippen LogP contribution in [-0.2, 0) is 11.2 Å². The van der Waals surface area contributed by atoms with E-state index in [9.17, 15) is 0 Å². The molecular weight excluding hydrogens is 234 g/mol. The Labute approximate surface area is 108 Å². The Morgan fingerprint density at radius 1 is 1.47 bits per heavy atom. The number of nitrogens with zero attached hydrogens (tertiary/aromatic N) is 1. The van der Waals surface area contributed by atoms with Crippen LogP contribution in [0.5, 0.6) is 0 Å². The van der Waals surface area contributed by atoms with Crippen LogP contribution in [0.1, 0.15) is 36.3 Å². The molecule has 0 aromatic carbocycles. The first-order valence-corrected chi connectivity index (χ1v) is 6.75. The van der Waals surface area contributed by atoms with Gasteiger partial charge in [0.25, 0.3) is 0 Å². The minimum absolute atomic E-state index is 0.0624. The lowest BCUT2D eigenvalue weighted by Crippen LogP contribution is -2.52. The fourth-order valence-corrected chi connectivity index (χ4v) is 2.76. The molecule has 1 atom stereocenters. The van der Waals surface area contributed by atoms with Gasteiger partial charge in [-0.2, -0.15) is 0 Å². The fourth-order valence-electron chi connectivity index (χ4n) is 1.78. The van der Waals surface area contributed by atoms with Gasteiger partial charge in [-0.05, 0) is 34.6 Å². The Balaban J connectivity index is 2.76. The summed E-state index contributed by atoms with van der Waals surface area (Å²) in [6, 6.07) is 0.0624. The van der Waals surface area contributed by atoms with Crippen LogP contribution in [0.2, 0.25) is 0 Å². The SMILES string of the molecule is CCOC(C)(C)C(Cc1nc(C)c(C)s1)NN. The number of rotatable bonds is 6. The zero-order chi connectivity index (χ0) is 13.1. The third-order valence-electron chi connectivity index (χ3n) is 3.01. The minimum Gasteiger partial charge on any atom is -0.374 e. The maximum Gasteiger partial charge on any atom is 0.0948 e. The van der Waals surface area contributed by atoms with E-state index in [-0.39, 0.29) is 11.6 Å². The molecule has 5 heteroatoms. The van der Waals surface area contributed by atoms with Gasteiger partial charge in [0.2, 0.25) is 0 Å². The largest absolute Gasteiger partial charge is 0.374 e. The van der Waals surface area contributed by atoms with Gasteiger partial charge in [0.15, 0.2) is 0 Å². The maximum atomic E-state index is 5.73. The van der Waals surface area contributed by atoms with Crippen molar-refractivity contribution in [3.05, 3.63) is 15.6 Å². The second-order valence-electron chi connectivity index (χ2n) is 4.71. The molecule has 0 amide bonds. The molecule has 1 aromatic heterocycles. The highest BCUT2D eigenvalue weighted by molar-refractivity contribution is 7.11. The van der Waals surface area contributed by atoms with Gasteiger partial charge in [0, 0.05) is 17.9 Å². The number of hydrogen-bond acceptors (Lipinski definition) is 5. The molecule has 1 aromatic rings. The molecule has 0 saturated carbocycles. The van der Waals surface area contributed by atoms with E-state index in [0.717, 1.165) is 17.1 Å². The average molecular weight is 257 g/mol. The summed E-state index contributed by atoms with van der Waals surface area (Å²) in [7, 11) is 0. The van der Waals surface area contributed by atoms with Crippen molar-refractivity contribution in [1.29, 1.82) is 0 Å². The van der Waals surface area contributed by atoms with Gasteiger partial charge in [-0.25, -0.2) is 4.98 Å². The van der Waals surface area contributed by atoms with Crippen molar-refractivity contribution in [3.63, 3.8) is 0 Å². The van der Waals surface area contributed by atoms with Crippen molar-refractivity contribution in [2.75, 3.05) is 6.61 Å². The van der Waals surface area contributed by atoms with Crippen molar-refractivity contribution < 1.29 is 4.74 Å². The summed E-state index contributed by atoms with van der Waals surface area (Å²) in [5, 5.41) is 1.11. The van der Waals surface area contributed by atoms with E-state index in [0.29, 0.717) is 6.61 Å². The summed E-state index contributed by atoms with van der Waals surface area (Å²) in [5.41, 5.74) is 3.66. The second-order valence-corrected chi connectivity index (χ2v) is 6.00. The first-order valence-electron chi connectivity index (χ1n) is 5.93. The summed E-state index contributed by atoms with van der Waals surface area (Å²) >= 11 is 1.73. The van der Waals surface area contributed by atoms with Crippen molar-refractivity contribution in [2.24, 2.45) is 5.84 Å². The Bertz CT molecular complexity index is 343. The predicted molar refractivity (Wildman–Crippen MR) is 72.1 cm³/mol. The molecule has 98 valence electrons.